The van der Waals surface area contributed by atoms with Crippen molar-refractivity contribution in [3.63, 3.8) is 0 Å². The minimum absolute atomic E-state index is 0.322. The number of benzene rings is 2. The van der Waals surface area contributed by atoms with Gasteiger partial charge in [0.2, 0.25) is 0 Å². The Bertz CT molecular complexity index is 671. The average Bonchev–Trinajstić information content (AvgIpc) is 2.46. The molecule has 2 rings (SSSR count). The molecule has 0 saturated carbocycles. The van der Waals surface area contributed by atoms with E-state index in [0.717, 1.165) is 15.7 Å². The molecule has 2 aromatic rings. The van der Waals surface area contributed by atoms with Gasteiger partial charge in [-0.2, -0.15) is 0 Å². The van der Waals surface area contributed by atoms with E-state index >= 15 is 0 Å². The Hall–Kier alpha value is -2.01. The highest BCUT2D eigenvalue weighted by atomic mass is 79.9. The molecule has 4 nitrogen and oxygen atoms in total. The Balaban J connectivity index is 2.44. The Morgan fingerprint density at radius 2 is 2.00 bits per heavy atom. The first-order valence-electron chi connectivity index (χ1n) is 6.62. The Morgan fingerprint density at radius 1 is 1.29 bits per heavy atom. The van der Waals surface area contributed by atoms with Crippen molar-refractivity contribution in [3.8, 4) is 0 Å². The summed E-state index contributed by atoms with van der Waals surface area (Å²) in [5.41, 5.74) is 9.42. The first kappa shape index (κ1) is 15.4. The van der Waals surface area contributed by atoms with Crippen LogP contribution in [0.15, 0.2) is 40.9 Å². The van der Waals surface area contributed by atoms with Crippen LogP contribution in [0.4, 0.5) is 17.1 Å². The highest BCUT2D eigenvalue weighted by Gasteiger charge is 2.15. The zero-order valence-corrected chi connectivity index (χ0v) is 13.5. The standard InChI is InChI=1S/C16H17BrN2O2/c1-3-21-16(20)11-6-4-8-13(18)15(11)19-14-9-5-7-12(17)10(14)2/h4-9,19H,3,18H2,1-2H3. The predicted octanol–water partition coefficient (Wildman–Crippen LogP) is 4.26. The number of halogens is 1. The van der Waals surface area contributed by atoms with E-state index in [0.29, 0.717) is 23.5 Å². The van der Waals surface area contributed by atoms with Crippen LogP contribution < -0.4 is 11.1 Å². The molecule has 3 N–H and O–H groups in total. The number of esters is 1. The van der Waals surface area contributed by atoms with Crippen molar-refractivity contribution in [1.82, 2.24) is 0 Å². The molecule has 0 radical (unpaired) electrons. The summed E-state index contributed by atoms with van der Waals surface area (Å²) in [6, 6.07) is 11.0. The number of rotatable bonds is 4. The number of anilines is 3. The third-order valence-electron chi connectivity index (χ3n) is 3.12. The zero-order chi connectivity index (χ0) is 15.4. The zero-order valence-electron chi connectivity index (χ0n) is 11.9. The highest BCUT2D eigenvalue weighted by molar-refractivity contribution is 9.10. The van der Waals surface area contributed by atoms with E-state index in [1.165, 1.54) is 0 Å². The van der Waals surface area contributed by atoms with Crippen molar-refractivity contribution in [2.24, 2.45) is 0 Å². The maximum absolute atomic E-state index is 12.0. The number of hydrogen-bond acceptors (Lipinski definition) is 4. The van der Waals surface area contributed by atoms with Gasteiger partial charge in [0.1, 0.15) is 0 Å². The summed E-state index contributed by atoms with van der Waals surface area (Å²) in [6.45, 7) is 4.08. The van der Waals surface area contributed by atoms with E-state index < -0.39 is 0 Å². The summed E-state index contributed by atoms with van der Waals surface area (Å²) in [5.74, 6) is -0.389. The minimum atomic E-state index is -0.389. The first-order valence-corrected chi connectivity index (χ1v) is 7.41. The van der Waals surface area contributed by atoms with E-state index in [1.807, 2.05) is 25.1 Å². The van der Waals surface area contributed by atoms with E-state index in [2.05, 4.69) is 21.2 Å². The number of carbonyl (C=O) groups is 1. The molecule has 0 spiro atoms. The van der Waals surface area contributed by atoms with Gasteiger partial charge in [-0.1, -0.05) is 28.1 Å². The van der Waals surface area contributed by atoms with Crippen LogP contribution in [0.3, 0.4) is 0 Å². The van der Waals surface area contributed by atoms with Crippen LogP contribution in [0, 0.1) is 6.92 Å². The Kier molecular flexibility index (Phi) is 4.85. The van der Waals surface area contributed by atoms with E-state index in [9.17, 15) is 4.79 Å². The fourth-order valence-corrected chi connectivity index (χ4v) is 2.33. The molecule has 0 amide bonds. The van der Waals surface area contributed by atoms with Crippen molar-refractivity contribution in [2.75, 3.05) is 17.7 Å². The van der Waals surface area contributed by atoms with Crippen molar-refractivity contribution in [1.29, 1.82) is 0 Å². The third kappa shape index (κ3) is 3.36. The van der Waals surface area contributed by atoms with Gasteiger partial charge in [-0.3, -0.25) is 0 Å². The lowest BCUT2D eigenvalue weighted by molar-refractivity contribution is 0.0527. The molecule has 0 bridgehead atoms. The molecule has 21 heavy (non-hydrogen) atoms. The van der Waals surface area contributed by atoms with E-state index in [-0.39, 0.29) is 5.97 Å². The molecule has 0 saturated heterocycles. The molecule has 0 aliphatic carbocycles. The van der Waals surface area contributed by atoms with Crippen molar-refractivity contribution in [2.45, 2.75) is 13.8 Å². The molecule has 2 aromatic carbocycles. The monoisotopic (exact) mass is 348 g/mol. The van der Waals surface area contributed by atoms with Gasteiger partial charge in [0.25, 0.3) is 0 Å². The van der Waals surface area contributed by atoms with Gasteiger partial charge in [0, 0.05) is 10.2 Å². The lowest BCUT2D eigenvalue weighted by Gasteiger charge is -2.16. The molecule has 0 fully saturated rings. The lowest BCUT2D eigenvalue weighted by atomic mass is 10.1. The van der Waals surface area contributed by atoms with Crippen LogP contribution in [-0.2, 0) is 4.74 Å². The maximum Gasteiger partial charge on any atom is 0.340 e. The number of carbonyl (C=O) groups excluding carboxylic acids is 1. The van der Waals surface area contributed by atoms with Gasteiger partial charge >= 0.3 is 5.97 Å². The van der Waals surface area contributed by atoms with Crippen LogP contribution in [0.25, 0.3) is 0 Å². The fraction of sp³-hybridized carbons (Fsp3) is 0.188. The maximum atomic E-state index is 12.0. The number of ether oxygens (including phenoxy) is 1. The van der Waals surface area contributed by atoms with Gasteiger partial charge < -0.3 is 15.8 Å². The van der Waals surface area contributed by atoms with Gasteiger partial charge in [0.15, 0.2) is 0 Å². The number of nitrogen functional groups attached to an aromatic ring is 1. The van der Waals surface area contributed by atoms with Gasteiger partial charge in [-0.25, -0.2) is 4.79 Å². The Morgan fingerprint density at radius 3 is 2.71 bits per heavy atom. The third-order valence-corrected chi connectivity index (χ3v) is 3.98. The van der Waals surface area contributed by atoms with Crippen molar-refractivity contribution >= 4 is 39.0 Å². The molecule has 0 aliphatic rings. The first-order chi connectivity index (χ1) is 10.0. The fourth-order valence-electron chi connectivity index (χ4n) is 1.97. The molecule has 0 heterocycles. The van der Waals surface area contributed by atoms with E-state index in [1.54, 1.807) is 25.1 Å². The highest BCUT2D eigenvalue weighted by Crippen LogP contribution is 2.31. The normalized spacial score (nSPS) is 10.2. The summed E-state index contributed by atoms with van der Waals surface area (Å²) in [7, 11) is 0. The topological polar surface area (TPSA) is 64.3 Å². The van der Waals surface area contributed by atoms with Gasteiger partial charge in [-0.05, 0) is 43.7 Å². The molecule has 5 heteroatoms. The molecule has 110 valence electrons. The van der Waals surface area contributed by atoms with Crippen molar-refractivity contribution < 1.29 is 9.53 Å². The SMILES string of the molecule is CCOC(=O)c1cccc(N)c1Nc1cccc(Br)c1C. The van der Waals surface area contributed by atoms with Crippen LogP contribution in [0.5, 0.6) is 0 Å². The molecule has 0 aromatic heterocycles. The molecular formula is C16H17BrN2O2. The molecule has 0 aliphatic heterocycles. The minimum Gasteiger partial charge on any atom is -0.462 e. The second-order valence-corrected chi connectivity index (χ2v) is 5.38. The quantitative estimate of drug-likeness (QED) is 0.639. The van der Waals surface area contributed by atoms with E-state index in [4.69, 9.17) is 10.5 Å². The molecule has 0 atom stereocenters. The second-order valence-electron chi connectivity index (χ2n) is 4.53. The summed E-state index contributed by atoms with van der Waals surface area (Å²) in [6.07, 6.45) is 0. The number of hydrogen-bond donors (Lipinski definition) is 2. The summed E-state index contributed by atoms with van der Waals surface area (Å²) >= 11 is 3.49. The van der Waals surface area contributed by atoms with Gasteiger partial charge in [-0.15, -0.1) is 0 Å². The van der Waals surface area contributed by atoms with Gasteiger partial charge in [0.05, 0.1) is 23.5 Å². The summed E-state index contributed by atoms with van der Waals surface area (Å²) in [5, 5.41) is 3.23. The van der Waals surface area contributed by atoms with Crippen LogP contribution >= 0.6 is 15.9 Å². The van der Waals surface area contributed by atoms with Crippen LogP contribution in [-0.4, -0.2) is 12.6 Å². The average molecular weight is 349 g/mol. The number of nitrogens with two attached hydrogens (primary N) is 1. The lowest BCUT2D eigenvalue weighted by Crippen LogP contribution is -2.10. The van der Waals surface area contributed by atoms with Crippen LogP contribution in [0.1, 0.15) is 22.8 Å². The second kappa shape index (κ2) is 6.63. The summed E-state index contributed by atoms with van der Waals surface area (Å²) < 4.78 is 6.06. The molecule has 0 unspecified atom stereocenters. The smallest absolute Gasteiger partial charge is 0.340 e. The molecular weight excluding hydrogens is 332 g/mol. The predicted molar refractivity (Wildman–Crippen MR) is 89.0 cm³/mol. The largest absolute Gasteiger partial charge is 0.462 e. The summed E-state index contributed by atoms with van der Waals surface area (Å²) in [4.78, 5) is 12.0. The number of para-hydroxylation sites is 1. The van der Waals surface area contributed by atoms with Crippen molar-refractivity contribution in [3.05, 3.63) is 52.0 Å². The Labute approximate surface area is 132 Å². The number of nitrogens with one attached hydrogen (secondary N) is 1. The van der Waals surface area contributed by atoms with Crippen LogP contribution in [0.2, 0.25) is 0 Å².